The molecule has 32 heavy (non-hydrogen) atoms. The van der Waals surface area contributed by atoms with Crippen LogP contribution in [0.15, 0.2) is 48.5 Å². The van der Waals surface area contributed by atoms with Gasteiger partial charge in [0.05, 0.1) is 0 Å². The van der Waals surface area contributed by atoms with Crippen molar-refractivity contribution in [1.82, 2.24) is 10.6 Å². The first-order valence-corrected chi connectivity index (χ1v) is 11.7. The van der Waals surface area contributed by atoms with Gasteiger partial charge in [-0.1, -0.05) is 26.2 Å². The first-order chi connectivity index (χ1) is 15.5. The minimum absolute atomic E-state index is 0.0226. The molecule has 0 aromatic heterocycles. The van der Waals surface area contributed by atoms with Crippen LogP contribution in [0.1, 0.15) is 73.1 Å². The largest absolute Gasteiger partial charge is 0.388 e. The van der Waals surface area contributed by atoms with Crippen LogP contribution in [0, 0.1) is 0 Å². The summed E-state index contributed by atoms with van der Waals surface area (Å²) in [6.45, 7) is 5.65. The van der Waals surface area contributed by atoms with Crippen molar-refractivity contribution in [3.63, 3.8) is 0 Å². The van der Waals surface area contributed by atoms with Gasteiger partial charge in [-0.25, -0.2) is 0 Å². The van der Waals surface area contributed by atoms with E-state index < -0.39 is 0 Å². The van der Waals surface area contributed by atoms with Crippen molar-refractivity contribution in [2.24, 2.45) is 0 Å². The number of nitrogens with one attached hydrogen (secondary N) is 4. The van der Waals surface area contributed by atoms with Crippen LogP contribution in [0.4, 0.5) is 11.4 Å². The molecule has 4 N–H and O–H groups in total. The molecule has 2 rings (SSSR count). The van der Waals surface area contributed by atoms with E-state index in [1.807, 2.05) is 55.6 Å². The van der Waals surface area contributed by atoms with E-state index in [-0.39, 0.29) is 11.8 Å². The van der Waals surface area contributed by atoms with Crippen LogP contribution in [-0.2, 0) is 0 Å². The molecule has 1 atom stereocenters. The van der Waals surface area contributed by atoms with E-state index >= 15 is 0 Å². The minimum atomic E-state index is -0.0287. The van der Waals surface area contributed by atoms with Gasteiger partial charge in [0.15, 0.2) is 0 Å². The highest BCUT2D eigenvalue weighted by Gasteiger charge is 2.06. The van der Waals surface area contributed by atoms with Gasteiger partial charge >= 0.3 is 0 Å². The Bertz CT molecular complexity index is 819. The zero-order valence-electron chi connectivity index (χ0n) is 19.7. The normalized spacial score (nSPS) is 11.5. The summed E-state index contributed by atoms with van der Waals surface area (Å²) in [5.74, 6) is -0.0513. The van der Waals surface area contributed by atoms with Crippen molar-refractivity contribution in [3.05, 3.63) is 59.7 Å². The van der Waals surface area contributed by atoms with Crippen LogP contribution in [0.5, 0.6) is 0 Å². The summed E-state index contributed by atoms with van der Waals surface area (Å²) < 4.78 is 0. The summed E-state index contributed by atoms with van der Waals surface area (Å²) >= 11 is 0. The van der Waals surface area contributed by atoms with Gasteiger partial charge in [0.2, 0.25) is 0 Å². The van der Waals surface area contributed by atoms with Crippen molar-refractivity contribution in [2.75, 3.05) is 30.8 Å². The van der Waals surface area contributed by atoms with Gasteiger partial charge in [0.25, 0.3) is 11.8 Å². The first-order valence-electron chi connectivity index (χ1n) is 11.7. The van der Waals surface area contributed by atoms with Crippen LogP contribution < -0.4 is 21.3 Å². The number of benzene rings is 2. The Morgan fingerprint density at radius 3 is 1.59 bits per heavy atom. The summed E-state index contributed by atoms with van der Waals surface area (Å²) in [4.78, 5) is 24.4. The van der Waals surface area contributed by atoms with Crippen molar-refractivity contribution < 1.29 is 9.59 Å². The third kappa shape index (κ3) is 9.00. The lowest BCUT2D eigenvalue weighted by Gasteiger charge is -2.13. The number of rotatable bonds is 14. The van der Waals surface area contributed by atoms with Crippen LogP contribution in [0.2, 0.25) is 0 Å². The topological polar surface area (TPSA) is 82.3 Å². The first kappa shape index (κ1) is 25.2. The second kappa shape index (κ2) is 14.1. The number of carbonyl (C=O) groups excluding carboxylic acids is 2. The molecule has 2 aromatic carbocycles. The molecule has 0 spiro atoms. The smallest absolute Gasteiger partial charge is 0.251 e. The lowest BCUT2D eigenvalue weighted by Crippen LogP contribution is -2.24. The number of unbranched alkanes of at least 4 members (excludes halogenated alkanes) is 4. The molecule has 0 saturated heterocycles. The molecule has 0 bridgehead atoms. The Balaban J connectivity index is 1.51. The molecule has 0 fully saturated rings. The summed E-state index contributed by atoms with van der Waals surface area (Å²) in [6, 6.07) is 15.5. The summed E-state index contributed by atoms with van der Waals surface area (Å²) in [5.41, 5.74) is 3.40. The van der Waals surface area contributed by atoms with Gasteiger partial charge < -0.3 is 21.3 Å². The highest BCUT2D eigenvalue weighted by Crippen LogP contribution is 2.12. The van der Waals surface area contributed by atoms with Crippen molar-refractivity contribution in [2.45, 2.75) is 58.4 Å². The Morgan fingerprint density at radius 2 is 1.16 bits per heavy atom. The van der Waals surface area contributed by atoms with E-state index in [0.717, 1.165) is 49.9 Å². The summed E-state index contributed by atoms with van der Waals surface area (Å²) in [5, 5.41) is 12.4. The number of anilines is 2. The van der Waals surface area contributed by atoms with E-state index in [9.17, 15) is 9.59 Å². The molecule has 0 aliphatic carbocycles. The van der Waals surface area contributed by atoms with Gasteiger partial charge in [-0.2, -0.15) is 0 Å². The van der Waals surface area contributed by atoms with Crippen molar-refractivity contribution >= 4 is 23.2 Å². The van der Waals surface area contributed by atoms with E-state index in [4.69, 9.17) is 0 Å². The fourth-order valence-corrected chi connectivity index (χ4v) is 3.28. The molecule has 174 valence electrons. The molecule has 0 aliphatic rings. The third-order valence-electron chi connectivity index (χ3n) is 5.53. The predicted octanol–water partition coefficient (Wildman–Crippen LogP) is 5.05. The van der Waals surface area contributed by atoms with Crippen LogP contribution in [-0.4, -0.2) is 38.0 Å². The molecular formula is C26H38N4O2. The molecule has 0 radical (unpaired) electrons. The quantitative estimate of drug-likeness (QED) is 0.311. The molecule has 6 heteroatoms. The fraction of sp³-hybridized carbons (Fsp3) is 0.462. The molecule has 0 heterocycles. The predicted molar refractivity (Wildman–Crippen MR) is 134 cm³/mol. The highest BCUT2D eigenvalue weighted by atomic mass is 16.2. The average molecular weight is 439 g/mol. The van der Waals surface area contributed by atoms with Gasteiger partial charge in [-0.15, -0.1) is 0 Å². The third-order valence-corrected chi connectivity index (χ3v) is 5.53. The van der Waals surface area contributed by atoms with E-state index in [1.165, 1.54) is 0 Å². The maximum Gasteiger partial charge on any atom is 0.251 e. The van der Waals surface area contributed by atoms with E-state index in [2.05, 4.69) is 35.1 Å². The lowest BCUT2D eigenvalue weighted by molar-refractivity contribution is 0.0945. The Kier molecular flexibility index (Phi) is 11.1. The van der Waals surface area contributed by atoms with Crippen LogP contribution in [0.25, 0.3) is 0 Å². The summed E-state index contributed by atoms with van der Waals surface area (Å²) in [7, 11) is 1.86. The van der Waals surface area contributed by atoms with Gasteiger partial charge in [-0.05, 0) is 74.7 Å². The molecule has 0 aliphatic heterocycles. The van der Waals surface area contributed by atoms with Gasteiger partial charge in [0, 0.05) is 48.7 Å². The van der Waals surface area contributed by atoms with E-state index in [0.29, 0.717) is 30.3 Å². The number of carbonyl (C=O) groups is 2. The minimum Gasteiger partial charge on any atom is -0.388 e. The molecule has 6 nitrogen and oxygen atoms in total. The standard InChI is InChI=1S/C26H38N4O2/c1-4-20(2)30-24-16-12-22(13-17-24)26(32)29-19-9-7-5-6-8-18-28-25(31)21-10-14-23(27-3)15-11-21/h10-17,20,27,30H,4-9,18-19H2,1-3H3,(H,28,31)(H,29,32). The Hall–Kier alpha value is -3.02. The van der Waals surface area contributed by atoms with Gasteiger partial charge in [-0.3, -0.25) is 9.59 Å². The maximum absolute atomic E-state index is 12.2. The lowest BCUT2D eigenvalue weighted by atomic mass is 10.1. The zero-order valence-corrected chi connectivity index (χ0v) is 19.7. The molecule has 2 amide bonds. The second-order valence-electron chi connectivity index (χ2n) is 8.14. The Labute approximate surface area is 192 Å². The molecule has 2 aromatic rings. The SMILES string of the molecule is CCC(C)Nc1ccc(C(=O)NCCCCCCCNC(=O)c2ccc(NC)cc2)cc1. The van der Waals surface area contributed by atoms with E-state index in [1.54, 1.807) is 0 Å². The highest BCUT2D eigenvalue weighted by molar-refractivity contribution is 5.95. The van der Waals surface area contributed by atoms with Crippen LogP contribution >= 0.6 is 0 Å². The monoisotopic (exact) mass is 438 g/mol. The average Bonchev–Trinajstić information content (AvgIpc) is 2.83. The molecular weight excluding hydrogens is 400 g/mol. The molecule has 0 saturated carbocycles. The maximum atomic E-state index is 12.2. The number of hydrogen-bond donors (Lipinski definition) is 4. The number of hydrogen-bond acceptors (Lipinski definition) is 4. The Morgan fingerprint density at radius 1 is 0.719 bits per heavy atom. The second-order valence-corrected chi connectivity index (χ2v) is 8.14. The summed E-state index contributed by atoms with van der Waals surface area (Å²) in [6.07, 6.45) is 6.21. The number of amides is 2. The fourth-order valence-electron chi connectivity index (χ4n) is 3.28. The van der Waals surface area contributed by atoms with Crippen molar-refractivity contribution in [1.29, 1.82) is 0 Å². The van der Waals surface area contributed by atoms with Crippen LogP contribution in [0.3, 0.4) is 0 Å². The zero-order chi connectivity index (χ0) is 23.2. The van der Waals surface area contributed by atoms with Gasteiger partial charge in [0.1, 0.15) is 0 Å². The molecule has 1 unspecified atom stereocenters. The van der Waals surface area contributed by atoms with Crippen molar-refractivity contribution in [3.8, 4) is 0 Å².